The van der Waals surface area contributed by atoms with Gasteiger partial charge in [0.2, 0.25) is 10.3 Å². The van der Waals surface area contributed by atoms with E-state index >= 15 is 0 Å². The highest BCUT2D eigenvalue weighted by atomic mass is 35.5. The maximum absolute atomic E-state index is 6.02. The molecule has 0 radical (unpaired) electrons. The lowest BCUT2D eigenvalue weighted by Gasteiger charge is -2.02. The molecule has 31 heavy (non-hydrogen) atoms. The Morgan fingerprint density at radius 1 is 0.710 bits per heavy atom. The second-order valence-corrected chi connectivity index (χ2v) is 11.4. The van der Waals surface area contributed by atoms with E-state index in [1.807, 2.05) is 48.5 Å². The number of halogens is 2. The lowest BCUT2D eigenvalue weighted by Crippen LogP contribution is -2.11. The van der Waals surface area contributed by atoms with Gasteiger partial charge in [-0.2, -0.15) is 0 Å². The summed E-state index contributed by atoms with van der Waals surface area (Å²) in [7, 11) is 0. The van der Waals surface area contributed by atoms with Crippen LogP contribution in [-0.4, -0.2) is 27.1 Å². The highest BCUT2D eigenvalue weighted by Crippen LogP contribution is 2.30. The van der Waals surface area contributed by atoms with E-state index in [2.05, 4.69) is 31.0 Å². The van der Waals surface area contributed by atoms with Crippen LogP contribution < -0.4 is 10.6 Å². The largest absolute Gasteiger partial charge is 0.343 e. The van der Waals surface area contributed by atoms with Crippen molar-refractivity contribution in [2.45, 2.75) is 20.2 Å². The zero-order chi connectivity index (χ0) is 21.5. The van der Waals surface area contributed by atoms with Crippen molar-refractivity contribution in [3.63, 3.8) is 0 Å². The molecule has 0 aliphatic rings. The highest BCUT2D eigenvalue weighted by Gasteiger charge is 2.07. The highest BCUT2D eigenvalue weighted by molar-refractivity contribution is 8.00. The summed E-state index contributed by atoms with van der Waals surface area (Å²) < 4.78 is 1.80. The minimum Gasteiger partial charge on any atom is -0.343 e. The molecule has 4 rings (SSSR count). The third-order valence-corrected chi connectivity index (χ3v) is 8.44. The molecule has 0 saturated carbocycles. The second-order valence-electron chi connectivity index (χ2n) is 6.11. The van der Waals surface area contributed by atoms with Crippen LogP contribution in [0, 0.1) is 0 Å². The van der Waals surface area contributed by atoms with Gasteiger partial charge in [0, 0.05) is 21.6 Å². The topological polar surface area (TPSA) is 75.6 Å². The SMILES string of the molecule is Clc1cccc(CSc2nnc(NCNc3nnc(SCc4cccc(Cl)c4)s3)s2)c1. The normalized spacial score (nSPS) is 10.9. The van der Waals surface area contributed by atoms with Gasteiger partial charge in [-0.25, -0.2) is 0 Å². The first-order valence-electron chi connectivity index (χ1n) is 9.03. The van der Waals surface area contributed by atoms with Crippen molar-refractivity contribution < 1.29 is 0 Å². The van der Waals surface area contributed by atoms with E-state index < -0.39 is 0 Å². The molecule has 2 aromatic heterocycles. The van der Waals surface area contributed by atoms with Crippen LogP contribution in [0.25, 0.3) is 0 Å². The van der Waals surface area contributed by atoms with Crippen molar-refractivity contribution in [1.29, 1.82) is 0 Å². The first kappa shape index (κ1) is 22.6. The summed E-state index contributed by atoms with van der Waals surface area (Å²) in [5.74, 6) is 1.60. The summed E-state index contributed by atoms with van der Waals surface area (Å²) in [4.78, 5) is 0. The standard InChI is InChI=1S/C19H16Cl2N6S4/c20-14-5-1-3-12(7-14)9-28-18-26-24-16(30-18)22-11-23-17-25-27-19(31-17)29-10-13-4-2-6-15(21)8-13/h1-8H,9-11H2,(H,22,24)(H,23,25). The maximum Gasteiger partial charge on any atom is 0.207 e. The van der Waals surface area contributed by atoms with Gasteiger partial charge in [-0.15, -0.1) is 20.4 Å². The Balaban J connectivity index is 1.19. The molecule has 0 spiro atoms. The zero-order valence-electron chi connectivity index (χ0n) is 15.9. The number of hydrogen-bond acceptors (Lipinski definition) is 10. The molecule has 0 bridgehead atoms. The predicted molar refractivity (Wildman–Crippen MR) is 134 cm³/mol. The fraction of sp³-hybridized carbons (Fsp3) is 0.158. The number of thioether (sulfide) groups is 2. The fourth-order valence-electron chi connectivity index (χ4n) is 2.42. The van der Waals surface area contributed by atoms with Gasteiger partial charge in [0.25, 0.3) is 0 Å². The molecule has 0 saturated heterocycles. The average Bonchev–Trinajstić information content (AvgIpc) is 3.40. The van der Waals surface area contributed by atoms with Crippen LogP contribution in [0.2, 0.25) is 10.0 Å². The van der Waals surface area contributed by atoms with Crippen LogP contribution in [0.5, 0.6) is 0 Å². The molecular formula is C19H16Cl2N6S4. The Kier molecular flexibility index (Phi) is 8.28. The molecule has 6 nitrogen and oxygen atoms in total. The van der Waals surface area contributed by atoms with Crippen molar-refractivity contribution in [3.05, 3.63) is 69.7 Å². The molecule has 0 fully saturated rings. The van der Waals surface area contributed by atoms with Crippen molar-refractivity contribution in [2.75, 3.05) is 17.3 Å². The van der Waals surface area contributed by atoms with Gasteiger partial charge in [0.15, 0.2) is 8.68 Å². The van der Waals surface area contributed by atoms with Gasteiger partial charge in [-0.05, 0) is 35.4 Å². The van der Waals surface area contributed by atoms with E-state index in [-0.39, 0.29) is 0 Å². The van der Waals surface area contributed by atoms with E-state index in [1.54, 1.807) is 23.5 Å². The number of hydrogen-bond donors (Lipinski definition) is 2. The van der Waals surface area contributed by atoms with Crippen molar-refractivity contribution in [1.82, 2.24) is 20.4 Å². The maximum atomic E-state index is 6.02. The summed E-state index contributed by atoms with van der Waals surface area (Å²) in [6.07, 6.45) is 0. The smallest absolute Gasteiger partial charge is 0.207 e. The molecule has 2 N–H and O–H groups in total. The number of nitrogens with one attached hydrogen (secondary N) is 2. The Morgan fingerprint density at radius 2 is 1.19 bits per heavy atom. The molecule has 2 aromatic carbocycles. The molecule has 0 unspecified atom stereocenters. The lowest BCUT2D eigenvalue weighted by atomic mass is 10.2. The van der Waals surface area contributed by atoms with Gasteiger partial charge in [0.1, 0.15) is 0 Å². The minimum absolute atomic E-state index is 0.487. The molecule has 2 heterocycles. The third kappa shape index (κ3) is 7.23. The van der Waals surface area contributed by atoms with Crippen LogP contribution in [0.4, 0.5) is 10.3 Å². The van der Waals surface area contributed by atoms with Crippen LogP contribution in [0.1, 0.15) is 11.1 Å². The summed E-state index contributed by atoms with van der Waals surface area (Å²) in [5, 5.41) is 26.2. The number of aromatic nitrogens is 4. The molecule has 160 valence electrons. The molecule has 0 aliphatic carbocycles. The van der Waals surface area contributed by atoms with Gasteiger partial charge in [-0.1, -0.05) is 93.7 Å². The Labute approximate surface area is 206 Å². The Morgan fingerprint density at radius 3 is 1.65 bits per heavy atom. The monoisotopic (exact) mass is 526 g/mol. The third-order valence-electron chi connectivity index (χ3n) is 3.79. The van der Waals surface area contributed by atoms with Gasteiger partial charge < -0.3 is 10.6 Å². The number of nitrogens with zero attached hydrogens (tertiary/aromatic N) is 4. The van der Waals surface area contributed by atoms with Crippen LogP contribution in [-0.2, 0) is 11.5 Å². The zero-order valence-corrected chi connectivity index (χ0v) is 20.7. The number of benzene rings is 2. The van der Waals surface area contributed by atoms with Crippen molar-refractivity contribution in [3.8, 4) is 0 Å². The van der Waals surface area contributed by atoms with Crippen LogP contribution in [0.15, 0.2) is 57.2 Å². The lowest BCUT2D eigenvalue weighted by molar-refractivity contribution is 0.990. The Hall–Kier alpha value is -1.56. The van der Waals surface area contributed by atoms with Gasteiger partial charge in [0.05, 0.1) is 6.67 Å². The van der Waals surface area contributed by atoms with E-state index in [0.29, 0.717) is 6.67 Å². The van der Waals surface area contributed by atoms with E-state index in [9.17, 15) is 0 Å². The second kappa shape index (κ2) is 11.3. The molecule has 0 amide bonds. The first-order chi connectivity index (χ1) is 15.1. The first-order valence-corrected chi connectivity index (χ1v) is 13.4. The van der Waals surface area contributed by atoms with E-state index in [4.69, 9.17) is 23.2 Å². The van der Waals surface area contributed by atoms with Crippen LogP contribution in [0.3, 0.4) is 0 Å². The summed E-state index contributed by atoms with van der Waals surface area (Å²) in [6, 6.07) is 15.7. The Bertz CT molecular complexity index is 1050. The molecule has 0 atom stereocenters. The summed E-state index contributed by atoms with van der Waals surface area (Å²) >= 11 is 18.3. The summed E-state index contributed by atoms with van der Waals surface area (Å²) in [6.45, 7) is 0.487. The van der Waals surface area contributed by atoms with Crippen molar-refractivity contribution in [2.24, 2.45) is 0 Å². The van der Waals surface area contributed by atoms with Gasteiger partial charge in [-0.3, -0.25) is 0 Å². The average molecular weight is 528 g/mol. The molecular weight excluding hydrogens is 511 g/mol. The van der Waals surface area contributed by atoms with Gasteiger partial charge >= 0.3 is 0 Å². The molecule has 0 aliphatic heterocycles. The quantitative estimate of drug-likeness (QED) is 0.173. The number of rotatable bonds is 10. The molecule has 12 heteroatoms. The van der Waals surface area contributed by atoms with Crippen molar-refractivity contribution >= 4 is 79.7 Å². The molecule has 4 aromatic rings. The predicted octanol–water partition coefficient (Wildman–Crippen LogP) is 6.76. The van der Waals surface area contributed by atoms with E-state index in [1.165, 1.54) is 22.7 Å². The fourth-order valence-corrected chi connectivity index (χ4v) is 6.23. The van der Waals surface area contributed by atoms with E-state index in [0.717, 1.165) is 51.6 Å². The van der Waals surface area contributed by atoms with Crippen LogP contribution >= 0.6 is 69.4 Å². The number of anilines is 2. The summed E-state index contributed by atoms with van der Waals surface area (Å²) in [5.41, 5.74) is 2.31. The minimum atomic E-state index is 0.487.